The molecule has 7 heteroatoms. The van der Waals surface area contributed by atoms with Crippen molar-refractivity contribution in [2.75, 3.05) is 19.4 Å². The number of nitrogens with zero attached hydrogens (tertiary/aromatic N) is 4. The van der Waals surface area contributed by atoms with Crippen molar-refractivity contribution in [2.24, 2.45) is 7.05 Å². The van der Waals surface area contributed by atoms with E-state index in [1.807, 2.05) is 40.8 Å². The highest BCUT2D eigenvalue weighted by molar-refractivity contribution is 7.99. The van der Waals surface area contributed by atoms with Crippen LogP contribution in [0.25, 0.3) is 11.4 Å². The van der Waals surface area contributed by atoms with Gasteiger partial charge in [0.25, 0.3) is 0 Å². The van der Waals surface area contributed by atoms with Crippen molar-refractivity contribution in [2.45, 2.75) is 32.0 Å². The van der Waals surface area contributed by atoms with Crippen LogP contribution < -0.4 is 4.74 Å². The van der Waals surface area contributed by atoms with E-state index in [0.717, 1.165) is 29.8 Å². The van der Waals surface area contributed by atoms with Gasteiger partial charge in [-0.05, 0) is 31.0 Å². The monoisotopic (exact) mass is 424 g/mol. The van der Waals surface area contributed by atoms with E-state index >= 15 is 0 Å². The first-order valence-electron chi connectivity index (χ1n) is 10.0. The second-order valence-corrected chi connectivity index (χ2v) is 8.10. The lowest BCUT2D eigenvalue weighted by Crippen LogP contribution is -2.32. The van der Waals surface area contributed by atoms with Crippen LogP contribution in [0.1, 0.15) is 24.5 Å². The molecule has 0 atom stereocenters. The van der Waals surface area contributed by atoms with E-state index in [9.17, 15) is 4.79 Å². The van der Waals surface area contributed by atoms with Gasteiger partial charge in [0, 0.05) is 20.1 Å². The quantitative estimate of drug-likeness (QED) is 0.479. The van der Waals surface area contributed by atoms with Crippen molar-refractivity contribution in [3.63, 3.8) is 0 Å². The van der Waals surface area contributed by atoms with Gasteiger partial charge >= 0.3 is 0 Å². The van der Waals surface area contributed by atoms with Crippen LogP contribution in [0.3, 0.4) is 0 Å². The molecule has 2 aromatic carbocycles. The molecular weight excluding hydrogens is 396 g/mol. The van der Waals surface area contributed by atoms with E-state index in [2.05, 4.69) is 48.3 Å². The van der Waals surface area contributed by atoms with E-state index in [1.54, 1.807) is 7.11 Å². The van der Waals surface area contributed by atoms with Crippen molar-refractivity contribution < 1.29 is 9.53 Å². The molecule has 6 nitrogen and oxygen atoms in total. The Labute approximate surface area is 182 Å². The molecule has 0 saturated heterocycles. The predicted molar refractivity (Wildman–Crippen MR) is 121 cm³/mol. The Bertz CT molecular complexity index is 985. The number of rotatable bonds is 9. The second-order valence-electron chi connectivity index (χ2n) is 7.16. The third-order valence-corrected chi connectivity index (χ3v) is 5.85. The molecule has 0 aliphatic heterocycles. The van der Waals surface area contributed by atoms with E-state index in [0.29, 0.717) is 23.3 Å². The van der Waals surface area contributed by atoms with Gasteiger partial charge in [0.1, 0.15) is 5.75 Å². The Morgan fingerprint density at radius 3 is 2.57 bits per heavy atom. The molecule has 0 spiro atoms. The molecule has 1 heterocycles. The number of ether oxygens (including phenoxy) is 1. The van der Waals surface area contributed by atoms with Crippen molar-refractivity contribution in [3.8, 4) is 17.1 Å². The van der Waals surface area contributed by atoms with Gasteiger partial charge in [-0.15, -0.1) is 10.2 Å². The number of thioether (sulfide) groups is 1. The van der Waals surface area contributed by atoms with Gasteiger partial charge in [-0.3, -0.25) is 4.79 Å². The molecule has 0 N–H and O–H groups in total. The van der Waals surface area contributed by atoms with Crippen LogP contribution in [-0.2, 0) is 18.4 Å². The molecule has 3 rings (SSSR count). The molecule has 30 heavy (non-hydrogen) atoms. The highest BCUT2D eigenvalue weighted by Crippen LogP contribution is 2.30. The largest absolute Gasteiger partial charge is 0.496 e. The number of benzene rings is 2. The Morgan fingerprint density at radius 1 is 1.13 bits per heavy atom. The summed E-state index contributed by atoms with van der Waals surface area (Å²) in [5, 5.41) is 9.31. The lowest BCUT2D eigenvalue weighted by Gasteiger charge is -2.22. The van der Waals surface area contributed by atoms with Crippen LogP contribution in [-0.4, -0.2) is 45.0 Å². The maximum atomic E-state index is 12.9. The number of methoxy groups -OCH3 is 1. The zero-order chi connectivity index (χ0) is 21.5. The number of aromatic nitrogens is 3. The summed E-state index contributed by atoms with van der Waals surface area (Å²) in [5.41, 5.74) is 3.24. The zero-order valence-corrected chi connectivity index (χ0v) is 18.8. The smallest absolute Gasteiger partial charge is 0.233 e. The van der Waals surface area contributed by atoms with Gasteiger partial charge in [0.15, 0.2) is 11.0 Å². The Kier molecular flexibility index (Phi) is 7.52. The molecule has 0 bridgehead atoms. The Hall–Kier alpha value is -2.80. The van der Waals surface area contributed by atoms with Gasteiger partial charge < -0.3 is 14.2 Å². The fraction of sp³-hybridized carbons (Fsp3) is 0.348. The van der Waals surface area contributed by atoms with E-state index in [1.165, 1.54) is 17.3 Å². The highest BCUT2D eigenvalue weighted by atomic mass is 32.2. The molecule has 0 aliphatic carbocycles. The zero-order valence-electron chi connectivity index (χ0n) is 18.0. The van der Waals surface area contributed by atoms with E-state index in [4.69, 9.17) is 4.74 Å². The molecule has 3 aromatic rings. The number of amides is 1. The Morgan fingerprint density at radius 2 is 1.87 bits per heavy atom. The number of carbonyl (C=O) groups excluding carboxylic acids is 1. The molecule has 0 unspecified atom stereocenters. The minimum Gasteiger partial charge on any atom is -0.496 e. The lowest BCUT2D eigenvalue weighted by molar-refractivity contribution is -0.129. The molecule has 1 aromatic heterocycles. The number of hydrogen-bond donors (Lipinski definition) is 0. The average Bonchev–Trinajstić information content (AvgIpc) is 3.13. The Balaban J connectivity index is 1.68. The molecule has 0 fully saturated rings. The van der Waals surface area contributed by atoms with Crippen LogP contribution in [0.4, 0.5) is 0 Å². The summed E-state index contributed by atoms with van der Waals surface area (Å²) in [6.45, 7) is 5.51. The first-order chi connectivity index (χ1) is 14.5. The normalized spacial score (nSPS) is 10.8. The second kappa shape index (κ2) is 10.3. The molecule has 1 amide bonds. The SMILES string of the molecule is CCCN(Cc1ccc(C)cc1)C(=O)CSc1nnc(-c2ccccc2OC)n1C. The molecule has 0 aliphatic rings. The van der Waals surface area contributed by atoms with Gasteiger partial charge in [-0.2, -0.15) is 0 Å². The number of carbonyl (C=O) groups is 1. The third-order valence-electron chi connectivity index (χ3n) is 4.85. The summed E-state index contributed by atoms with van der Waals surface area (Å²) in [6.07, 6.45) is 0.921. The fourth-order valence-corrected chi connectivity index (χ4v) is 4.01. The summed E-state index contributed by atoms with van der Waals surface area (Å²) in [6, 6.07) is 16.0. The van der Waals surface area contributed by atoms with Crippen LogP contribution in [0.15, 0.2) is 53.7 Å². The van der Waals surface area contributed by atoms with Crippen LogP contribution in [0.5, 0.6) is 5.75 Å². The number of para-hydroxylation sites is 1. The van der Waals surface area contributed by atoms with Gasteiger partial charge in [-0.25, -0.2) is 0 Å². The van der Waals surface area contributed by atoms with E-state index in [-0.39, 0.29) is 5.91 Å². The minimum atomic E-state index is 0.101. The maximum Gasteiger partial charge on any atom is 0.233 e. The van der Waals surface area contributed by atoms with Crippen molar-refractivity contribution >= 4 is 17.7 Å². The van der Waals surface area contributed by atoms with Crippen molar-refractivity contribution in [1.29, 1.82) is 0 Å². The van der Waals surface area contributed by atoms with Crippen molar-refractivity contribution in [3.05, 3.63) is 59.7 Å². The first kappa shape index (κ1) is 21.9. The summed E-state index contributed by atoms with van der Waals surface area (Å²) >= 11 is 1.41. The number of aryl methyl sites for hydroxylation is 1. The number of hydrogen-bond acceptors (Lipinski definition) is 5. The predicted octanol–water partition coefficient (Wildman–Crippen LogP) is 4.33. The topological polar surface area (TPSA) is 60.3 Å². The summed E-state index contributed by atoms with van der Waals surface area (Å²) in [4.78, 5) is 14.8. The summed E-state index contributed by atoms with van der Waals surface area (Å²) in [5.74, 6) is 1.88. The minimum absolute atomic E-state index is 0.101. The van der Waals surface area contributed by atoms with Gasteiger partial charge in [-0.1, -0.05) is 60.6 Å². The highest BCUT2D eigenvalue weighted by Gasteiger charge is 2.18. The standard InChI is InChI=1S/C23H28N4O2S/c1-5-14-27(15-18-12-10-17(2)11-13-18)21(28)16-30-23-25-24-22(26(23)3)19-8-6-7-9-20(19)29-4/h6-13H,5,14-16H2,1-4H3. The van der Waals surface area contributed by atoms with Gasteiger partial charge in [0.2, 0.25) is 5.91 Å². The van der Waals surface area contributed by atoms with Crippen molar-refractivity contribution in [1.82, 2.24) is 19.7 Å². The van der Waals surface area contributed by atoms with E-state index < -0.39 is 0 Å². The van der Waals surface area contributed by atoms with Crippen LogP contribution in [0, 0.1) is 6.92 Å². The first-order valence-corrected chi connectivity index (χ1v) is 11.0. The molecule has 158 valence electrons. The van der Waals surface area contributed by atoms with Gasteiger partial charge in [0.05, 0.1) is 18.4 Å². The summed E-state index contributed by atoms with van der Waals surface area (Å²) in [7, 11) is 3.55. The van der Waals surface area contributed by atoms with Crippen LogP contribution >= 0.6 is 11.8 Å². The molecular formula is C23H28N4O2S. The van der Waals surface area contributed by atoms with Crippen LogP contribution in [0.2, 0.25) is 0 Å². The average molecular weight is 425 g/mol. The lowest BCUT2D eigenvalue weighted by atomic mass is 10.1. The molecule has 0 saturated carbocycles. The third kappa shape index (κ3) is 5.21. The fourth-order valence-electron chi connectivity index (χ4n) is 3.20. The molecule has 0 radical (unpaired) electrons. The summed E-state index contributed by atoms with van der Waals surface area (Å²) < 4.78 is 7.34. The maximum absolute atomic E-state index is 12.9.